The van der Waals surface area contributed by atoms with Crippen molar-refractivity contribution in [3.63, 3.8) is 0 Å². The highest BCUT2D eigenvalue weighted by Gasteiger charge is 2.42. The number of nitrogens with zero attached hydrogens (tertiary/aromatic N) is 4. The molecule has 9 heteroatoms. The number of fused-ring (bicyclic) bond motifs is 1. The number of anilines is 2. The third-order valence-corrected chi connectivity index (χ3v) is 5.44. The van der Waals surface area contributed by atoms with Crippen LogP contribution in [0.2, 0.25) is 0 Å². The van der Waals surface area contributed by atoms with E-state index in [1.54, 1.807) is 18.6 Å². The molecule has 1 aliphatic heterocycles. The zero-order valence-corrected chi connectivity index (χ0v) is 14.5. The number of halogens is 3. The molecule has 3 heterocycles. The Bertz CT molecular complexity index is 788. The molecule has 0 unspecified atom stereocenters. The molecule has 0 radical (unpaired) electrons. The zero-order chi connectivity index (χ0) is 19.0. The second-order valence-corrected chi connectivity index (χ2v) is 7.21. The van der Waals surface area contributed by atoms with E-state index in [0.717, 1.165) is 18.6 Å². The van der Waals surface area contributed by atoms with Gasteiger partial charge in [-0.1, -0.05) is 0 Å². The second-order valence-electron chi connectivity index (χ2n) is 7.21. The number of hydrogen-bond donors (Lipinski definition) is 2. The number of aliphatic hydroxyl groups is 1. The third kappa shape index (κ3) is 3.83. The van der Waals surface area contributed by atoms with Gasteiger partial charge in [-0.2, -0.15) is 13.2 Å². The average molecular weight is 379 g/mol. The van der Waals surface area contributed by atoms with Gasteiger partial charge in [-0.3, -0.25) is 4.98 Å². The Morgan fingerprint density at radius 1 is 1.07 bits per heavy atom. The standard InChI is InChI=1S/C18H20F3N5O/c19-18(20,21)13-1-2-24-17(7-13)26-9-11-5-14(15(27)6-12(11)10-26)25-16-8-22-3-4-23-16/h1-4,7-8,11-12,14-15,27H,5-6,9-10H2,(H,23,25)/t11-,12+,14-,15-/m1/s1. The number of pyridine rings is 1. The van der Waals surface area contributed by atoms with Gasteiger partial charge in [0.1, 0.15) is 11.6 Å². The van der Waals surface area contributed by atoms with Crippen LogP contribution in [0.4, 0.5) is 24.8 Å². The lowest BCUT2D eigenvalue weighted by molar-refractivity contribution is -0.137. The topological polar surface area (TPSA) is 74.2 Å². The van der Waals surface area contributed by atoms with E-state index in [4.69, 9.17) is 0 Å². The van der Waals surface area contributed by atoms with Gasteiger partial charge in [0.15, 0.2) is 0 Å². The van der Waals surface area contributed by atoms with Crippen LogP contribution < -0.4 is 10.2 Å². The van der Waals surface area contributed by atoms with Crippen molar-refractivity contribution in [1.29, 1.82) is 0 Å². The van der Waals surface area contributed by atoms with E-state index < -0.39 is 17.8 Å². The SMILES string of the molecule is O[C@@H]1C[C@H]2CN(c3cc(C(F)(F)F)ccn3)C[C@H]2C[C@H]1Nc1cnccn1. The number of hydrogen-bond acceptors (Lipinski definition) is 6. The molecule has 1 saturated heterocycles. The molecule has 144 valence electrons. The molecule has 2 aliphatic rings. The van der Waals surface area contributed by atoms with Crippen molar-refractivity contribution in [3.8, 4) is 0 Å². The molecule has 1 aliphatic carbocycles. The van der Waals surface area contributed by atoms with Crippen molar-refractivity contribution in [2.45, 2.75) is 31.2 Å². The monoisotopic (exact) mass is 379 g/mol. The molecular formula is C18H20F3N5O. The van der Waals surface area contributed by atoms with Crippen molar-refractivity contribution in [2.24, 2.45) is 11.8 Å². The fourth-order valence-electron chi connectivity index (χ4n) is 4.10. The Morgan fingerprint density at radius 3 is 2.56 bits per heavy atom. The first kappa shape index (κ1) is 18.0. The number of rotatable bonds is 3. The molecule has 27 heavy (non-hydrogen) atoms. The molecule has 0 amide bonds. The average Bonchev–Trinajstić information content (AvgIpc) is 3.05. The van der Waals surface area contributed by atoms with Crippen LogP contribution in [0.25, 0.3) is 0 Å². The van der Waals surface area contributed by atoms with Crippen LogP contribution in [0.5, 0.6) is 0 Å². The Kier molecular flexibility index (Phi) is 4.63. The summed E-state index contributed by atoms with van der Waals surface area (Å²) in [6.07, 6.45) is 2.36. The van der Waals surface area contributed by atoms with E-state index in [2.05, 4.69) is 20.3 Å². The van der Waals surface area contributed by atoms with Gasteiger partial charge in [-0.25, -0.2) is 9.97 Å². The lowest BCUT2D eigenvalue weighted by Gasteiger charge is -2.35. The largest absolute Gasteiger partial charge is 0.416 e. The minimum absolute atomic E-state index is 0.155. The van der Waals surface area contributed by atoms with Crippen LogP contribution >= 0.6 is 0 Å². The quantitative estimate of drug-likeness (QED) is 0.854. The van der Waals surface area contributed by atoms with Gasteiger partial charge in [0, 0.05) is 31.7 Å². The van der Waals surface area contributed by atoms with Crippen LogP contribution in [0, 0.1) is 11.8 Å². The summed E-state index contributed by atoms with van der Waals surface area (Å²) in [7, 11) is 0. The van der Waals surface area contributed by atoms with Gasteiger partial charge in [0.2, 0.25) is 0 Å². The van der Waals surface area contributed by atoms with Crippen LogP contribution in [0.1, 0.15) is 18.4 Å². The summed E-state index contributed by atoms with van der Waals surface area (Å²) < 4.78 is 38.9. The molecule has 1 saturated carbocycles. The fraction of sp³-hybridized carbons (Fsp3) is 0.500. The predicted octanol–water partition coefficient (Wildman–Crippen LogP) is 2.58. The summed E-state index contributed by atoms with van der Waals surface area (Å²) in [4.78, 5) is 14.2. The molecule has 4 atom stereocenters. The molecule has 0 spiro atoms. The first-order valence-electron chi connectivity index (χ1n) is 8.89. The highest BCUT2D eigenvalue weighted by molar-refractivity contribution is 5.43. The number of aliphatic hydroxyl groups excluding tert-OH is 1. The maximum atomic E-state index is 13.0. The highest BCUT2D eigenvalue weighted by Crippen LogP contribution is 2.39. The molecule has 2 fully saturated rings. The van der Waals surface area contributed by atoms with Crippen LogP contribution in [0.15, 0.2) is 36.9 Å². The van der Waals surface area contributed by atoms with Gasteiger partial charge in [0.25, 0.3) is 0 Å². The summed E-state index contributed by atoms with van der Waals surface area (Å²) in [5.74, 6) is 1.46. The third-order valence-electron chi connectivity index (χ3n) is 5.44. The normalized spacial score (nSPS) is 28.1. The number of nitrogens with one attached hydrogen (secondary N) is 1. The summed E-state index contributed by atoms with van der Waals surface area (Å²) in [6, 6.07) is 1.93. The van der Waals surface area contributed by atoms with E-state index in [9.17, 15) is 18.3 Å². The minimum Gasteiger partial charge on any atom is -0.391 e. The maximum absolute atomic E-state index is 13.0. The minimum atomic E-state index is -4.38. The lowest BCUT2D eigenvalue weighted by Crippen LogP contribution is -2.43. The van der Waals surface area contributed by atoms with Crippen molar-refractivity contribution >= 4 is 11.6 Å². The van der Waals surface area contributed by atoms with Crippen molar-refractivity contribution in [1.82, 2.24) is 15.0 Å². The van der Waals surface area contributed by atoms with Gasteiger partial charge < -0.3 is 15.3 Å². The van der Waals surface area contributed by atoms with E-state index in [0.29, 0.717) is 31.1 Å². The van der Waals surface area contributed by atoms with Gasteiger partial charge in [-0.15, -0.1) is 0 Å². The summed E-state index contributed by atoms with van der Waals surface area (Å²) in [5, 5.41) is 13.7. The van der Waals surface area contributed by atoms with Crippen molar-refractivity contribution in [2.75, 3.05) is 23.3 Å². The summed E-state index contributed by atoms with van der Waals surface area (Å²) >= 11 is 0. The first-order chi connectivity index (χ1) is 12.9. The highest BCUT2D eigenvalue weighted by atomic mass is 19.4. The smallest absolute Gasteiger partial charge is 0.391 e. The Labute approximate surface area is 154 Å². The van der Waals surface area contributed by atoms with Crippen LogP contribution in [-0.4, -0.2) is 45.3 Å². The molecular weight excluding hydrogens is 359 g/mol. The molecule has 6 nitrogen and oxygen atoms in total. The first-order valence-corrected chi connectivity index (χ1v) is 8.89. The van der Waals surface area contributed by atoms with E-state index in [1.807, 2.05) is 4.90 Å². The molecule has 2 aromatic rings. The van der Waals surface area contributed by atoms with Crippen molar-refractivity contribution in [3.05, 3.63) is 42.5 Å². The second kappa shape index (κ2) is 6.95. The van der Waals surface area contributed by atoms with Gasteiger partial charge >= 0.3 is 6.18 Å². The van der Waals surface area contributed by atoms with Crippen LogP contribution in [0.3, 0.4) is 0 Å². The summed E-state index contributed by atoms with van der Waals surface area (Å²) in [5.41, 5.74) is -0.690. The molecule has 4 rings (SSSR count). The fourth-order valence-corrected chi connectivity index (χ4v) is 4.10. The Balaban J connectivity index is 1.46. The number of aromatic nitrogens is 3. The zero-order valence-electron chi connectivity index (χ0n) is 14.5. The number of alkyl halides is 3. The summed E-state index contributed by atoms with van der Waals surface area (Å²) in [6.45, 7) is 1.23. The van der Waals surface area contributed by atoms with Crippen molar-refractivity contribution < 1.29 is 18.3 Å². The lowest BCUT2D eigenvalue weighted by atomic mass is 9.77. The van der Waals surface area contributed by atoms with Gasteiger partial charge in [0.05, 0.1) is 23.9 Å². The molecule has 2 N–H and O–H groups in total. The Morgan fingerprint density at radius 2 is 1.85 bits per heavy atom. The van der Waals surface area contributed by atoms with Gasteiger partial charge in [-0.05, 0) is 36.8 Å². The predicted molar refractivity (Wildman–Crippen MR) is 93.1 cm³/mol. The van der Waals surface area contributed by atoms with Crippen LogP contribution in [-0.2, 0) is 6.18 Å². The molecule has 0 aromatic carbocycles. The molecule has 2 aromatic heterocycles. The van der Waals surface area contributed by atoms with E-state index >= 15 is 0 Å². The maximum Gasteiger partial charge on any atom is 0.416 e. The Hall–Kier alpha value is -2.42. The van der Waals surface area contributed by atoms with E-state index in [-0.39, 0.29) is 17.9 Å². The molecule has 0 bridgehead atoms. The van der Waals surface area contributed by atoms with E-state index in [1.165, 1.54) is 6.20 Å².